The number of benzene rings is 2. The van der Waals surface area contributed by atoms with Gasteiger partial charge in [-0.3, -0.25) is 14.9 Å². The van der Waals surface area contributed by atoms with Gasteiger partial charge in [0.15, 0.2) is 5.78 Å². The van der Waals surface area contributed by atoms with Crippen molar-refractivity contribution in [1.29, 1.82) is 0 Å². The van der Waals surface area contributed by atoms with Gasteiger partial charge in [0, 0.05) is 23.3 Å². The molecule has 2 aromatic rings. The number of carbonyl (C=O) groups is 1. The molecule has 0 unspecified atom stereocenters. The molecule has 0 atom stereocenters. The number of hydrogen-bond donors (Lipinski definition) is 0. The lowest BCUT2D eigenvalue weighted by atomic mass is 10.0. The van der Waals surface area contributed by atoms with E-state index in [1.54, 1.807) is 24.3 Å². The molecular weight excluding hydrogens is 294 g/mol. The minimum Gasteiger partial charge on any atom is -0.497 e. The van der Waals surface area contributed by atoms with E-state index in [9.17, 15) is 14.9 Å². The number of ketones is 1. The van der Waals surface area contributed by atoms with Crippen LogP contribution in [-0.2, 0) is 0 Å². The summed E-state index contributed by atoms with van der Waals surface area (Å²) in [4.78, 5) is 22.5. The number of nitro groups is 1. The molecule has 0 aliphatic carbocycles. The fourth-order valence-electron chi connectivity index (χ4n) is 1.70. The highest BCUT2D eigenvalue weighted by atomic mass is 35.5. The maximum atomic E-state index is 12.3. The Labute approximate surface area is 127 Å². The number of non-ortho nitro benzene ring substituents is 1. The van der Waals surface area contributed by atoms with Crippen LogP contribution in [0.1, 0.15) is 23.3 Å². The number of nitrogens with zero attached hydrogens (tertiary/aromatic N) is 1. The van der Waals surface area contributed by atoms with Gasteiger partial charge in [-0.05, 0) is 30.3 Å². The zero-order valence-corrected chi connectivity index (χ0v) is 11.3. The van der Waals surface area contributed by atoms with E-state index in [1.165, 1.54) is 25.3 Å². The van der Waals surface area contributed by atoms with Gasteiger partial charge in [-0.15, -0.1) is 0 Å². The van der Waals surface area contributed by atoms with Crippen molar-refractivity contribution in [3.8, 4) is 5.75 Å². The third-order valence-electron chi connectivity index (χ3n) is 2.76. The summed E-state index contributed by atoms with van der Waals surface area (Å²) in [5.74, 6) is 0.244. The highest BCUT2D eigenvalue weighted by Crippen LogP contribution is 2.25. The number of ether oxygens (including phenoxy) is 1. The summed E-state index contributed by atoms with van der Waals surface area (Å²) in [5.41, 5.74) is 0.311. The van der Waals surface area contributed by atoms with E-state index in [-0.39, 0.29) is 29.5 Å². The third-order valence-corrected chi connectivity index (χ3v) is 3.09. The zero-order valence-electron chi connectivity index (χ0n) is 10.5. The Morgan fingerprint density at radius 1 is 1.19 bits per heavy atom. The van der Waals surface area contributed by atoms with Gasteiger partial charge in [0.1, 0.15) is 5.75 Å². The van der Waals surface area contributed by atoms with E-state index in [2.05, 4.69) is 0 Å². The van der Waals surface area contributed by atoms with Crippen LogP contribution in [-0.4, -0.2) is 17.8 Å². The predicted molar refractivity (Wildman–Crippen MR) is 81.3 cm³/mol. The second-order valence-electron chi connectivity index (χ2n) is 3.98. The molecule has 6 heteroatoms. The van der Waals surface area contributed by atoms with Crippen molar-refractivity contribution in [3.05, 3.63) is 68.7 Å². The molecule has 110 valence electrons. The summed E-state index contributed by atoms with van der Waals surface area (Å²) in [6.07, 6.45) is 0. The quantitative estimate of drug-likeness (QED) is 0.484. The number of methoxy groups -OCH3 is 1. The van der Waals surface area contributed by atoms with Crippen LogP contribution in [0, 0.1) is 10.1 Å². The largest absolute Gasteiger partial charge is 0.497 e. The number of hydrogen-bond acceptors (Lipinski definition) is 4. The Morgan fingerprint density at radius 3 is 2.33 bits per heavy atom. The fourth-order valence-corrected chi connectivity index (χ4v) is 1.90. The lowest BCUT2D eigenvalue weighted by Crippen LogP contribution is -2.03. The lowest BCUT2D eigenvalue weighted by molar-refractivity contribution is -0.384. The first-order valence-corrected chi connectivity index (χ1v) is 6.03. The first-order valence-electron chi connectivity index (χ1n) is 5.65. The van der Waals surface area contributed by atoms with Crippen molar-refractivity contribution in [2.45, 2.75) is 7.43 Å². The Morgan fingerprint density at radius 2 is 1.81 bits per heavy atom. The van der Waals surface area contributed by atoms with Gasteiger partial charge in [-0.25, -0.2) is 0 Å². The van der Waals surface area contributed by atoms with Crippen molar-refractivity contribution in [2.24, 2.45) is 0 Å². The van der Waals surface area contributed by atoms with E-state index in [0.717, 1.165) is 0 Å². The number of carbonyl (C=O) groups excluding carboxylic acids is 1. The highest BCUT2D eigenvalue weighted by Gasteiger charge is 2.17. The molecule has 0 aromatic heterocycles. The van der Waals surface area contributed by atoms with Gasteiger partial charge < -0.3 is 4.74 Å². The van der Waals surface area contributed by atoms with Crippen LogP contribution >= 0.6 is 11.6 Å². The number of nitro benzene ring substituents is 1. The number of rotatable bonds is 4. The molecule has 0 saturated heterocycles. The molecule has 0 saturated carbocycles. The second kappa shape index (κ2) is 6.85. The molecule has 5 nitrogen and oxygen atoms in total. The average molecular weight is 308 g/mol. The molecule has 0 amide bonds. The van der Waals surface area contributed by atoms with Crippen LogP contribution in [0.25, 0.3) is 0 Å². The van der Waals surface area contributed by atoms with Gasteiger partial charge in [-0.2, -0.15) is 0 Å². The Hall–Kier alpha value is -2.40. The average Bonchev–Trinajstić information content (AvgIpc) is 2.47. The Kier molecular flexibility index (Phi) is 5.44. The lowest BCUT2D eigenvalue weighted by Gasteiger charge is -2.05. The minimum atomic E-state index is -0.568. The van der Waals surface area contributed by atoms with Crippen molar-refractivity contribution in [3.63, 3.8) is 0 Å². The first-order chi connectivity index (χ1) is 9.52. The number of halogens is 1. The summed E-state index contributed by atoms with van der Waals surface area (Å²) in [6.45, 7) is 0. The smallest absolute Gasteiger partial charge is 0.270 e. The molecule has 0 spiro atoms. The molecule has 0 aliphatic heterocycles. The van der Waals surface area contributed by atoms with E-state index in [0.29, 0.717) is 11.3 Å². The summed E-state index contributed by atoms with van der Waals surface area (Å²) in [6, 6.07) is 10.2. The second-order valence-corrected chi connectivity index (χ2v) is 4.39. The summed E-state index contributed by atoms with van der Waals surface area (Å²) in [7, 11) is 1.52. The van der Waals surface area contributed by atoms with E-state index < -0.39 is 4.92 Å². The normalized spacial score (nSPS) is 9.62. The van der Waals surface area contributed by atoms with Gasteiger partial charge in [0.25, 0.3) is 5.69 Å². The SMILES string of the molecule is C.COc1ccc(C(=O)c2cc([N+](=O)[O-])ccc2Cl)cc1. The maximum absolute atomic E-state index is 12.3. The van der Waals surface area contributed by atoms with Gasteiger partial charge in [0.2, 0.25) is 0 Å². The molecule has 0 radical (unpaired) electrons. The van der Waals surface area contributed by atoms with E-state index >= 15 is 0 Å². The topological polar surface area (TPSA) is 69.4 Å². The summed E-state index contributed by atoms with van der Waals surface area (Å²) in [5, 5.41) is 10.9. The summed E-state index contributed by atoms with van der Waals surface area (Å²) >= 11 is 5.94. The fraction of sp³-hybridized carbons (Fsp3) is 0.133. The third kappa shape index (κ3) is 3.58. The van der Waals surface area contributed by atoms with Crippen LogP contribution in [0.4, 0.5) is 5.69 Å². The van der Waals surface area contributed by atoms with Crippen LogP contribution in [0.3, 0.4) is 0 Å². The van der Waals surface area contributed by atoms with Crippen LogP contribution in [0.5, 0.6) is 5.75 Å². The standard InChI is InChI=1S/C14H10ClNO4.CH4/c1-20-11-5-2-9(3-6-11)14(17)12-8-10(16(18)19)4-7-13(12)15;/h2-8H,1H3;1H4. The van der Waals surface area contributed by atoms with Crippen LogP contribution in [0.2, 0.25) is 5.02 Å². The molecular formula is C15H14ClNO4. The van der Waals surface area contributed by atoms with Crippen molar-refractivity contribution in [2.75, 3.05) is 7.11 Å². The molecule has 0 N–H and O–H groups in total. The molecule has 2 rings (SSSR count). The van der Waals surface area contributed by atoms with Crippen LogP contribution < -0.4 is 4.74 Å². The molecule has 0 aliphatic rings. The van der Waals surface area contributed by atoms with Crippen molar-refractivity contribution in [1.82, 2.24) is 0 Å². The van der Waals surface area contributed by atoms with E-state index in [4.69, 9.17) is 16.3 Å². The monoisotopic (exact) mass is 307 g/mol. The molecule has 21 heavy (non-hydrogen) atoms. The minimum absolute atomic E-state index is 0. The first kappa shape index (κ1) is 16.7. The molecule has 0 bridgehead atoms. The highest BCUT2D eigenvalue weighted by molar-refractivity contribution is 6.35. The molecule has 2 aromatic carbocycles. The zero-order chi connectivity index (χ0) is 14.7. The Balaban J connectivity index is 0.00000220. The Bertz CT molecular complexity index is 668. The maximum Gasteiger partial charge on any atom is 0.270 e. The predicted octanol–water partition coefficient (Wildman–Crippen LogP) is 4.12. The van der Waals surface area contributed by atoms with Gasteiger partial charge in [0.05, 0.1) is 17.1 Å². The van der Waals surface area contributed by atoms with Gasteiger partial charge >= 0.3 is 0 Å². The summed E-state index contributed by atoms with van der Waals surface area (Å²) < 4.78 is 5.00. The molecule has 0 fully saturated rings. The van der Waals surface area contributed by atoms with Gasteiger partial charge in [-0.1, -0.05) is 19.0 Å². The van der Waals surface area contributed by atoms with Crippen molar-refractivity contribution < 1.29 is 14.5 Å². The van der Waals surface area contributed by atoms with E-state index in [1.807, 2.05) is 0 Å². The van der Waals surface area contributed by atoms with Crippen molar-refractivity contribution >= 4 is 23.1 Å². The van der Waals surface area contributed by atoms with Crippen LogP contribution in [0.15, 0.2) is 42.5 Å². The molecule has 0 heterocycles.